The van der Waals surface area contributed by atoms with E-state index in [0.717, 1.165) is 45.7 Å². The van der Waals surface area contributed by atoms with Gasteiger partial charge in [0.2, 0.25) is 5.91 Å². The largest absolute Gasteiger partial charge is 0.496 e. The molecule has 8 rings (SSSR count). The Morgan fingerprint density at radius 2 is 1.91 bits per heavy atom. The van der Waals surface area contributed by atoms with Gasteiger partial charge in [0, 0.05) is 61.4 Å². The third kappa shape index (κ3) is 7.45. The summed E-state index contributed by atoms with van der Waals surface area (Å²) in [6.45, 7) is 8.78. The second-order valence-corrected chi connectivity index (χ2v) is 16.6. The number of para-hydroxylation sites is 3. The van der Waals surface area contributed by atoms with Crippen LogP contribution in [-0.4, -0.2) is 95.7 Å². The molecule has 4 aliphatic rings. The van der Waals surface area contributed by atoms with Gasteiger partial charge in [-0.05, 0) is 78.8 Å². The van der Waals surface area contributed by atoms with Gasteiger partial charge in [-0.1, -0.05) is 51.1 Å². The summed E-state index contributed by atoms with van der Waals surface area (Å²) in [5.41, 5.74) is 5.78. The van der Waals surface area contributed by atoms with Crippen LogP contribution in [0.2, 0.25) is 0 Å². The maximum absolute atomic E-state index is 14.3. The average molecular weight is 753 g/mol. The second-order valence-electron chi connectivity index (χ2n) is 16.6. The molecule has 2 bridgehead atoms. The number of H-pyrrole nitrogens is 1. The van der Waals surface area contributed by atoms with Crippen LogP contribution >= 0.6 is 0 Å². The molecule has 0 spiro atoms. The van der Waals surface area contributed by atoms with Gasteiger partial charge in [0.1, 0.15) is 23.7 Å². The molecular formula is C43H56N6O6. The summed E-state index contributed by atoms with van der Waals surface area (Å²) in [7, 11) is 5.46. The van der Waals surface area contributed by atoms with E-state index in [1.54, 1.807) is 19.1 Å². The fraction of sp³-hybridized carbons (Fsp3) is 0.512. The van der Waals surface area contributed by atoms with E-state index in [1.807, 2.05) is 79.7 Å². The molecule has 55 heavy (non-hydrogen) atoms. The molecular weight excluding hydrogens is 697 g/mol. The first-order valence-electron chi connectivity index (χ1n) is 19.5. The number of nitrogens with zero attached hydrogens (tertiary/aromatic N) is 3. The van der Waals surface area contributed by atoms with Gasteiger partial charge >= 0.3 is 0 Å². The van der Waals surface area contributed by atoms with Crippen LogP contribution in [0.25, 0.3) is 22.2 Å². The van der Waals surface area contributed by atoms with Gasteiger partial charge in [-0.25, -0.2) is 4.98 Å². The number of aliphatic hydroxyl groups is 2. The monoisotopic (exact) mass is 752 g/mol. The third-order valence-electron chi connectivity index (χ3n) is 12.8. The number of ether oxygens (including phenoxy) is 1. The van der Waals surface area contributed by atoms with Crippen LogP contribution in [0.3, 0.4) is 0 Å². The highest BCUT2D eigenvalue weighted by atomic mass is 16.7. The Morgan fingerprint density at radius 3 is 2.58 bits per heavy atom. The van der Waals surface area contributed by atoms with E-state index in [9.17, 15) is 19.8 Å². The molecule has 12 nitrogen and oxygen atoms in total. The number of aliphatic hydroxyl groups excluding tert-OH is 2. The van der Waals surface area contributed by atoms with Crippen molar-refractivity contribution in [3.8, 4) is 16.9 Å². The van der Waals surface area contributed by atoms with Gasteiger partial charge in [-0.15, -0.1) is 0 Å². The Kier molecular flexibility index (Phi) is 11.0. The zero-order valence-corrected chi connectivity index (χ0v) is 33.0. The number of hydroxylamine groups is 2. The first-order valence-corrected chi connectivity index (χ1v) is 19.5. The highest BCUT2D eigenvalue weighted by Gasteiger charge is 2.57. The number of amides is 2. The summed E-state index contributed by atoms with van der Waals surface area (Å²) in [5, 5.41) is 29.3. The lowest BCUT2D eigenvalue weighted by Gasteiger charge is -2.62. The maximum atomic E-state index is 14.3. The highest BCUT2D eigenvalue weighted by Crippen LogP contribution is 2.61. The number of benzene rings is 3. The summed E-state index contributed by atoms with van der Waals surface area (Å²) in [6, 6.07) is 18.6. The van der Waals surface area contributed by atoms with Gasteiger partial charge in [-0.2, -0.15) is 5.06 Å². The van der Waals surface area contributed by atoms with E-state index < -0.39 is 24.2 Å². The second kappa shape index (κ2) is 15.6. The van der Waals surface area contributed by atoms with Crippen LogP contribution in [0, 0.1) is 29.1 Å². The number of carbonyl (C=O) groups excluding carboxylic acids is 2. The molecule has 4 aromatic rings. The van der Waals surface area contributed by atoms with Gasteiger partial charge in [-0.3, -0.25) is 14.4 Å². The van der Waals surface area contributed by atoms with E-state index in [-0.39, 0.29) is 36.4 Å². The van der Waals surface area contributed by atoms with Crippen LogP contribution in [0.4, 0.5) is 5.69 Å². The summed E-state index contributed by atoms with van der Waals surface area (Å²) in [4.78, 5) is 44.0. The predicted molar refractivity (Wildman–Crippen MR) is 212 cm³/mol. The quantitative estimate of drug-likeness (QED) is 0.128. The first-order chi connectivity index (χ1) is 26.3. The van der Waals surface area contributed by atoms with Crippen molar-refractivity contribution in [2.24, 2.45) is 29.1 Å². The molecule has 3 aliphatic carbocycles. The van der Waals surface area contributed by atoms with Crippen LogP contribution in [0.5, 0.6) is 5.75 Å². The zero-order valence-electron chi connectivity index (χ0n) is 33.0. The number of aromatic nitrogens is 2. The smallest absolute Gasteiger partial charge is 0.251 e. The zero-order chi connectivity index (χ0) is 39.2. The highest BCUT2D eigenvalue weighted by molar-refractivity contribution is 5.97. The van der Waals surface area contributed by atoms with Crippen LogP contribution in [0.1, 0.15) is 62.3 Å². The SMILES string of the molecule is COc1c(CN2O[C@@H](CO)[C@@H]([C@H](C)O)[C@H]2C(=O)N[C@H]2C[C@H]3C[C@@H]([C@@H]2C)C3(C)C)cccc1-c1cc(C(=O)NCCc2nc3ccccc3[nH]2)cc(N(C)C)c1. The van der Waals surface area contributed by atoms with Crippen LogP contribution in [0.15, 0.2) is 60.7 Å². The lowest BCUT2D eigenvalue weighted by atomic mass is 9.45. The van der Waals surface area contributed by atoms with Crippen molar-refractivity contribution in [2.45, 2.75) is 77.8 Å². The first kappa shape index (κ1) is 38.8. The molecule has 12 heteroatoms. The minimum Gasteiger partial charge on any atom is -0.496 e. The molecule has 0 radical (unpaired) electrons. The van der Waals surface area contributed by atoms with Crippen LogP contribution < -0.4 is 20.3 Å². The topological polar surface area (TPSA) is 152 Å². The van der Waals surface area contributed by atoms with Crippen molar-refractivity contribution in [3.05, 3.63) is 77.6 Å². The van der Waals surface area contributed by atoms with Crippen molar-refractivity contribution in [2.75, 3.05) is 39.3 Å². The van der Waals surface area contributed by atoms with Crippen molar-refractivity contribution in [1.29, 1.82) is 0 Å². The molecule has 2 heterocycles. The Balaban J connectivity index is 1.12. The van der Waals surface area contributed by atoms with E-state index in [4.69, 9.17) is 9.57 Å². The van der Waals surface area contributed by atoms with Gasteiger partial charge in [0.05, 0.1) is 37.4 Å². The number of hydrogen-bond donors (Lipinski definition) is 5. The fourth-order valence-electron chi connectivity index (χ4n) is 9.51. The Bertz CT molecular complexity index is 1990. The molecule has 4 fully saturated rings. The third-order valence-corrected chi connectivity index (χ3v) is 12.8. The van der Waals surface area contributed by atoms with Gasteiger partial charge < -0.3 is 35.5 Å². The number of rotatable bonds is 13. The Hall–Kier alpha value is -4.49. The number of methoxy groups -OCH3 is 1. The molecule has 294 valence electrons. The van der Waals surface area contributed by atoms with Crippen LogP contribution in [-0.2, 0) is 22.6 Å². The van der Waals surface area contributed by atoms with Crippen molar-refractivity contribution >= 4 is 28.5 Å². The minimum absolute atomic E-state index is 0.0347. The Morgan fingerprint density at radius 1 is 1.13 bits per heavy atom. The lowest BCUT2D eigenvalue weighted by Crippen LogP contribution is -2.62. The summed E-state index contributed by atoms with van der Waals surface area (Å²) in [5.74, 6) is 1.77. The number of carbonyl (C=O) groups is 2. The normalized spacial score (nSPS) is 26.3. The molecule has 2 amide bonds. The maximum Gasteiger partial charge on any atom is 0.251 e. The standard InChI is InChI=1S/C43H56N6O6/c1-24-32-20-29(43(32,3)4)21-35(24)47-42(53)39-38(25(2)51)36(23-50)55-49(39)22-26-11-10-12-31(40(26)54-7)27-17-28(19-30(18-27)48(5)6)41(52)44-16-15-37-45-33-13-8-9-14-34(33)46-37/h8-14,17-19,24-25,29,32,35-36,38-39,50-51H,15-16,20-23H2,1-7H3,(H,44,52)(H,45,46)(H,47,53)/t24-,25-,29+,32-,35-,36-,38+,39-/m0/s1. The number of aromatic amines is 1. The van der Waals surface area contributed by atoms with Crippen molar-refractivity contribution < 1.29 is 29.4 Å². The average Bonchev–Trinajstić information content (AvgIpc) is 3.76. The summed E-state index contributed by atoms with van der Waals surface area (Å²) < 4.78 is 6.07. The molecule has 3 aromatic carbocycles. The number of imidazole rings is 1. The van der Waals surface area contributed by atoms with Gasteiger partial charge in [0.15, 0.2) is 0 Å². The van der Waals surface area contributed by atoms with Crippen molar-refractivity contribution in [3.63, 3.8) is 0 Å². The number of nitrogens with one attached hydrogen (secondary N) is 3. The lowest BCUT2D eigenvalue weighted by molar-refractivity contribution is -0.183. The predicted octanol–water partition coefficient (Wildman–Crippen LogP) is 4.94. The molecule has 1 aliphatic heterocycles. The van der Waals surface area contributed by atoms with E-state index in [2.05, 4.69) is 41.4 Å². The molecule has 8 atom stereocenters. The summed E-state index contributed by atoms with van der Waals surface area (Å²) in [6.07, 6.45) is 1.02. The number of hydrogen-bond acceptors (Lipinski definition) is 9. The van der Waals surface area contributed by atoms with Crippen molar-refractivity contribution in [1.82, 2.24) is 25.7 Å². The number of anilines is 1. The fourth-order valence-corrected chi connectivity index (χ4v) is 9.51. The van der Waals surface area contributed by atoms with E-state index in [1.165, 1.54) is 6.42 Å². The molecule has 5 N–H and O–H groups in total. The summed E-state index contributed by atoms with van der Waals surface area (Å²) >= 11 is 0. The van der Waals surface area contributed by atoms with E-state index >= 15 is 0 Å². The molecule has 1 aromatic heterocycles. The number of fused-ring (bicyclic) bond motifs is 3. The van der Waals surface area contributed by atoms with E-state index in [0.29, 0.717) is 42.0 Å². The van der Waals surface area contributed by atoms with Gasteiger partial charge in [0.25, 0.3) is 5.91 Å². The molecule has 3 saturated carbocycles. The minimum atomic E-state index is -0.903. The molecule has 0 unspecified atom stereocenters. The molecule has 1 saturated heterocycles. The Labute approximate surface area is 323 Å².